The Morgan fingerprint density at radius 1 is 1.00 bits per heavy atom. The van der Waals surface area contributed by atoms with E-state index in [0.29, 0.717) is 37.3 Å². The first-order valence-electron chi connectivity index (χ1n) is 14.7. The zero-order valence-electron chi connectivity index (χ0n) is 24.9. The maximum Gasteiger partial charge on any atom is 0.251 e. The highest BCUT2D eigenvalue weighted by Gasteiger charge is 2.29. The van der Waals surface area contributed by atoms with Crippen LogP contribution in [0.5, 0.6) is 0 Å². The summed E-state index contributed by atoms with van der Waals surface area (Å²) >= 11 is 0. The lowest BCUT2D eigenvalue weighted by Gasteiger charge is -2.25. The van der Waals surface area contributed by atoms with E-state index in [9.17, 15) is 18.3 Å². The molecule has 3 aromatic carbocycles. The number of amides is 1. The largest absolute Gasteiger partial charge is 0.390 e. The zero-order valence-corrected chi connectivity index (χ0v) is 25.7. The molecular weight excluding hydrogens is 548 g/mol. The minimum absolute atomic E-state index is 0.00598. The number of anilines is 1. The smallest absolute Gasteiger partial charge is 0.251 e. The molecule has 1 aliphatic rings. The van der Waals surface area contributed by atoms with E-state index in [2.05, 4.69) is 10.6 Å². The number of aliphatic hydroxyl groups is 1. The van der Waals surface area contributed by atoms with E-state index in [4.69, 9.17) is 0 Å². The number of nitrogens with zero attached hydrogens (tertiary/aromatic N) is 2. The normalized spacial score (nSPS) is 15.3. The predicted octanol–water partition coefficient (Wildman–Crippen LogP) is 4.50. The fraction of sp³-hybridized carbons (Fsp3) is 0.364. The average Bonchev–Trinajstić information content (AvgIpc) is 3.34. The second-order valence-electron chi connectivity index (χ2n) is 10.3. The minimum atomic E-state index is -3.52. The first-order chi connectivity index (χ1) is 20.3. The van der Waals surface area contributed by atoms with Crippen LogP contribution >= 0.6 is 0 Å². The molecule has 3 N–H and O–H groups in total. The number of benzene rings is 3. The molecule has 0 spiro atoms. The van der Waals surface area contributed by atoms with Gasteiger partial charge in [-0.25, -0.2) is 8.42 Å². The van der Waals surface area contributed by atoms with Gasteiger partial charge in [-0.1, -0.05) is 81.4 Å². The summed E-state index contributed by atoms with van der Waals surface area (Å²) in [6.45, 7) is 7.30. The number of rotatable bonds is 10. The second-order valence-corrected chi connectivity index (χ2v) is 12.4. The summed E-state index contributed by atoms with van der Waals surface area (Å²) in [5, 5.41) is 18.4. The van der Waals surface area contributed by atoms with Crippen LogP contribution in [-0.4, -0.2) is 55.5 Å². The van der Waals surface area contributed by atoms with E-state index in [1.165, 1.54) is 4.31 Å². The summed E-state index contributed by atoms with van der Waals surface area (Å²) in [6.07, 6.45) is 2.34. The molecule has 4 aromatic rings. The minimum Gasteiger partial charge on any atom is -0.390 e. The van der Waals surface area contributed by atoms with Crippen LogP contribution in [-0.2, 0) is 36.0 Å². The third-order valence-corrected chi connectivity index (χ3v) is 9.36. The monoisotopic (exact) mass is 590 g/mol. The summed E-state index contributed by atoms with van der Waals surface area (Å²) in [7, 11) is -1.98. The Labute approximate surface area is 249 Å². The van der Waals surface area contributed by atoms with Crippen molar-refractivity contribution in [1.82, 2.24) is 15.2 Å². The number of nitrogens with one attached hydrogen (secondary N) is 2. The van der Waals surface area contributed by atoms with Gasteiger partial charge < -0.3 is 20.3 Å². The van der Waals surface area contributed by atoms with Crippen molar-refractivity contribution >= 4 is 32.5 Å². The molecule has 42 heavy (non-hydrogen) atoms. The lowest BCUT2D eigenvalue weighted by molar-refractivity contribution is 0.0830. The van der Waals surface area contributed by atoms with E-state index in [-0.39, 0.29) is 11.7 Å². The molecular formula is C33H42N4O4S. The molecule has 2 heterocycles. The Balaban J connectivity index is 0.00000198. The third-order valence-electron chi connectivity index (χ3n) is 7.63. The molecule has 0 aliphatic carbocycles. The molecule has 0 saturated carbocycles. The van der Waals surface area contributed by atoms with Gasteiger partial charge in [0.05, 0.1) is 29.1 Å². The maximum atomic E-state index is 13.7. The Bertz CT molecular complexity index is 1590. The number of aryl methyl sites for hydroxylation is 2. The molecule has 0 saturated heterocycles. The Morgan fingerprint density at radius 3 is 2.29 bits per heavy atom. The molecule has 8 nitrogen and oxygen atoms in total. The standard InChI is InChI=1S/C31H36N4O4S.C2H6/c1-3-24-21-35-14-15-40(38,39)34(2)28-18-25(17-26(24)30(28)35)31(37)33-27(16-22-10-6-4-7-11-22)29(36)20-32-19-23-12-8-5-9-13-23;1-2/h4-13,17-18,21,27,29,32,36H,3,14-16,19-20H2,1-2H3,(H,33,37);1-2H3. The van der Waals surface area contributed by atoms with Crippen molar-refractivity contribution in [3.63, 3.8) is 0 Å². The number of hydrogen-bond acceptors (Lipinski definition) is 5. The molecule has 1 amide bonds. The quantitative estimate of drug-likeness (QED) is 0.252. The lowest BCUT2D eigenvalue weighted by Crippen LogP contribution is -2.48. The summed E-state index contributed by atoms with van der Waals surface area (Å²) in [4.78, 5) is 13.7. The van der Waals surface area contributed by atoms with Crippen LogP contribution < -0.4 is 14.9 Å². The van der Waals surface area contributed by atoms with Crippen LogP contribution in [0.4, 0.5) is 5.69 Å². The summed E-state index contributed by atoms with van der Waals surface area (Å²) in [5.41, 5.74) is 4.83. The predicted molar refractivity (Wildman–Crippen MR) is 170 cm³/mol. The van der Waals surface area contributed by atoms with Crippen LogP contribution in [0.25, 0.3) is 10.9 Å². The van der Waals surface area contributed by atoms with Gasteiger partial charge in [0, 0.05) is 43.8 Å². The number of hydrogen-bond donors (Lipinski definition) is 3. The highest BCUT2D eigenvalue weighted by Crippen LogP contribution is 2.35. The molecule has 5 rings (SSSR count). The molecule has 1 aliphatic heterocycles. The van der Waals surface area contributed by atoms with Crippen molar-refractivity contribution in [2.24, 2.45) is 0 Å². The molecule has 9 heteroatoms. The first-order valence-corrected chi connectivity index (χ1v) is 16.3. The van der Waals surface area contributed by atoms with Gasteiger partial charge in [-0.15, -0.1) is 0 Å². The SMILES string of the molecule is CC.CCc1cn2c3c(cc(C(=O)NC(Cc4ccccc4)C(O)CNCc4ccccc4)cc13)N(C)S(=O)(=O)CC2. The van der Waals surface area contributed by atoms with Gasteiger partial charge in [-0.3, -0.25) is 9.10 Å². The zero-order chi connectivity index (χ0) is 30.3. The van der Waals surface area contributed by atoms with Gasteiger partial charge in [-0.05, 0) is 41.7 Å². The molecule has 2 atom stereocenters. The van der Waals surface area contributed by atoms with Crippen molar-refractivity contribution in [2.45, 2.75) is 58.8 Å². The number of sulfonamides is 1. The molecule has 0 radical (unpaired) electrons. The highest BCUT2D eigenvalue weighted by molar-refractivity contribution is 7.92. The highest BCUT2D eigenvalue weighted by atomic mass is 32.2. The van der Waals surface area contributed by atoms with E-state index in [1.807, 2.05) is 98.3 Å². The van der Waals surface area contributed by atoms with Gasteiger partial charge in [-0.2, -0.15) is 0 Å². The fourth-order valence-electron chi connectivity index (χ4n) is 5.32. The number of carbonyl (C=O) groups is 1. The molecule has 1 aromatic heterocycles. The second kappa shape index (κ2) is 14.0. The van der Waals surface area contributed by atoms with Crippen LogP contribution in [0.1, 0.15) is 47.8 Å². The van der Waals surface area contributed by atoms with Gasteiger partial charge >= 0.3 is 0 Å². The average molecular weight is 591 g/mol. The topological polar surface area (TPSA) is 104 Å². The Morgan fingerprint density at radius 2 is 1.64 bits per heavy atom. The molecule has 0 bridgehead atoms. The van der Waals surface area contributed by atoms with Crippen LogP contribution in [0.15, 0.2) is 79.0 Å². The lowest BCUT2D eigenvalue weighted by atomic mass is 9.99. The van der Waals surface area contributed by atoms with E-state index >= 15 is 0 Å². The van der Waals surface area contributed by atoms with Crippen molar-refractivity contribution in [1.29, 1.82) is 0 Å². The van der Waals surface area contributed by atoms with Crippen LogP contribution in [0.3, 0.4) is 0 Å². The van der Waals surface area contributed by atoms with Crippen molar-refractivity contribution in [3.8, 4) is 0 Å². The van der Waals surface area contributed by atoms with E-state index in [0.717, 1.165) is 34.0 Å². The maximum absolute atomic E-state index is 13.7. The Kier molecular flexibility index (Phi) is 10.4. The van der Waals surface area contributed by atoms with Gasteiger partial charge in [0.2, 0.25) is 10.0 Å². The summed E-state index contributed by atoms with van der Waals surface area (Å²) in [6, 6.07) is 22.6. The van der Waals surface area contributed by atoms with Gasteiger partial charge in [0.15, 0.2) is 0 Å². The fourth-order valence-corrected chi connectivity index (χ4v) is 6.46. The van der Waals surface area contributed by atoms with Crippen molar-refractivity contribution in [3.05, 3.63) is 101 Å². The number of aliphatic hydroxyl groups excluding tert-OH is 1. The molecule has 2 unspecified atom stereocenters. The van der Waals surface area contributed by atoms with Crippen LogP contribution in [0, 0.1) is 0 Å². The van der Waals surface area contributed by atoms with Crippen LogP contribution in [0.2, 0.25) is 0 Å². The number of carbonyl (C=O) groups excluding carboxylic acids is 1. The van der Waals surface area contributed by atoms with Gasteiger partial charge in [0.1, 0.15) is 0 Å². The number of aromatic nitrogens is 1. The summed E-state index contributed by atoms with van der Waals surface area (Å²) < 4.78 is 29.0. The third kappa shape index (κ3) is 7.03. The van der Waals surface area contributed by atoms with E-state index < -0.39 is 22.2 Å². The summed E-state index contributed by atoms with van der Waals surface area (Å²) in [5.74, 6) is -0.362. The van der Waals surface area contributed by atoms with Crippen molar-refractivity contribution in [2.75, 3.05) is 23.7 Å². The van der Waals surface area contributed by atoms with E-state index in [1.54, 1.807) is 13.1 Å². The van der Waals surface area contributed by atoms with Crippen molar-refractivity contribution < 1.29 is 18.3 Å². The molecule has 0 fully saturated rings. The molecule has 224 valence electrons. The van der Waals surface area contributed by atoms with Gasteiger partial charge in [0.25, 0.3) is 5.91 Å². The first kappa shape index (κ1) is 31.3. The Hall–Kier alpha value is -3.66.